The number of nitrogens with one attached hydrogen (secondary N) is 1. The Labute approximate surface area is 211 Å². The van der Waals surface area contributed by atoms with Gasteiger partial charge in [-0.2, -0.15) is 0 Å². The van der Waals surface area contributed by atoms with Crippen molar-refractivity contribution in [1.29, 1.82) is 0 Å². The Morgan fingerprint density at radius 2 is 1.71 bits per heavy atom. The average Bonchev–Trinajstić information content (AvgIpc) is 3.25. The highest BCUT2D eigenvalue weighted by Crippen LogP contribution is 2.26. The Morgan fingerprint density at radius 1 is 1.06 bits per heavy atom. The molecule has 0 unspecified atom stereocenters. The molecule has 186 valence electrons. The van der Waals surface area contributed by atoms with Gasteiger partial charge in [0.1, 0.15) is 5.75 Å². The summed E-state index contributed by atoms with van der Waals surface area (Å²) in [4.78, 5) is 34.0. The van der Waals surface area contributed by atoms with E-state index >= 15 is 0 Å². The number of likely N-dealkylation sites (N-methyl/N-ethyl adjacent to an activating group) is 1. The summed E-state index contributed by atoms with van der Waals surface area (Å²) in [7, 11) is 5.47. The topological polar surface area (TPSA) is 79.7 Å². The van der Waals surface area contributed by atoms with Crippen molar-refractivity contribution in [3.63, 3.8) is 0 Å². The molecule has 0 spiro atoms. The molecule has 0 saturated carbocycles. The zero-order valence-corrected chi connectivity index (χ0v) is 21.5. The second-order valence-corrected chi connectivity index (χ2v) is 9.23. The van der Waals surface area contributed by atoms with Crippen molar-refractivity contribution in [1.82, 2.24) is 19.4 Å². The maximum Gasteiger partial charge on any atom is 0.246 e. The minimum Gasteiger partial charge on any atom is -0.497 e. The van der Waals surface area contributed by atoms with Crippen molar-refractivity contribution in [2.75, 3.05) is 46.2 Å². The average molecular weight is 498 g/mol. The van der Waals surface area contributed by atoms with Crippen molar-refractivity contribution in [3.8, 4) is 22.7 Å². The van der Waals surface area contributed by atoms with Crippen molar-refractivity contribution in [2.45, 2.75) is 13.8 Å². The lowest BCUT2D eigenvalue weighted by Gasteiger charge is -2.25. The minimum atomic E-state index is -0.319. The summed E-state index contributed by atoms with van der Waals surface area (Å²) >= 11 is 6.04. The zero-order chi connectivity index (χ0) is 25.5. The van der Waals surface area contributed by atoms with Crippen molar-refractivity contribution < 1.29 is 14.3 Å². The molecule has 0 fully saturated rings. The van der Waals surface area contributed by atoms with Gasteiger partial charge in [-0.25, -0.2) is 4.98 Å². The molecule has 0 bridgehead atoms. The van der Waals surface area contributed by atoms with Crippen LogP contribution in [0, 0.1) is 5.92 Å². The number of halogens is 1. The van der Waals surface area contributed by atoms with Crippen molar-refractivity contribution in [2.24, 2.45) is 5.92 Å². The summed E-state index contributed by atoms with van der Waals surface area (Å²) in [5.41, 5.74) is 2.34. The van der Waals surface area contributed by atoms with Gasteiger partial charge in [-0.1, -0.05) is 37.6 Å². The third-order valence-electron chi connectivity index (χ3n) is 5.40. The molecule has 0 aliphatic heterocycles. The molecule has 2 aromatic carbocycles. The Balaban J connectivity index is 1.89. The lowest BCUT2D eigenvalue weighted by atomic mass is 10.2. The van der Waals surface area contributed by atoms with Crippen LogP contribution in [0.1, 0.15) is 13.8 Å². The summed E-state index contributed by atoms with van der Waals surface area (Å²) in [6.45, 7) is 4.72. The first-order chi connectivity index (χ1) is 16.7. The van der Waals surface area contributed by atoms with Gasteiger partial charge in [0.15, 0.2) is 0 Å². The first-order valence-electron chi connectivity index (χ1n) is 11.4. The molecule has 8 nitrogen and oxygen atoms in total. The molecule has 2 amide bonds. The molecule has 3 aromatic rings. The Kier molecular flexibility index (Phi) is 8.89. The number of rotatable bonds is 10. The Bertz CT molecular complexity index is 1140. The molecule has 1 N–H and O–H groups in total. The van der Waals surface area contributed by atoms with Crippen LogP contribution in [0.15, 0.2) is 54.7 Å². The lowest BCUT2D eigenvalue weighted by Crippen LogP contribution is -2.43. The zero-order valence-electron chi connectivity index (χ0n) is 20.8. The largest absolute Gasteiger partial charge is 0.497 e. The van der Waals surface area contributed by atoms with Gasteiger partial charge in [0.25, 0.3) is 0 Å². The van der Waals surface area contributed by atoms with Crippen LogP contribution >= 0.6 is 11.6 Å². The van der Waals surface area contributed by atoms with E-state index in [1.807, 2.05) is 75.4 Å². The molecule has 0 atom stereocenters. The quantitative estimate of drug-likeness (QED) is 0.454. The summed E-state index contributed by atoms with van der Waals surface area (Å²) < 4.78 is 7.06. The van der Waals surface area contributed by atoms with Gasteiger partial charge < -0.3 is 14.5 Å². The molecule has 0 radical (unpaired) electrons. The van der Waals surface area contributed by atoms with Gasteiger partial charge in [0.05, 0.1) is 19.3 Å². The number of anilines is 1. The van der Waals surface area contributed by atoms with Crippen molar-refractivity contribution >= 4 is 29.4 Å². The molecule has 0 saturated heterocycles. The van der Waals surface area contributed by atoms with E-state index in [0.717, 1.165) is 17.0 Å². The van der Waals surface area contributed by atoms with E-state index in [4.69, 9.17) is 16.3 Å². The number of amides is 2. The van der Waals surface area contributed by atoms with Crippen molar-refractivity contribution in [3.05, 3.63) is 59.8 Å². The Hall–Kier alpha value is -3.36. The number of imidazole rings is 1. The standard InChI is InChI=1S/C26H32ClN5O3/c1-18(2)25(34)31(15-14-30(3)4)17-24(33)29-26-28-23(19-6-8-20(27)9-7-19)16-32(26)21-10-12-22(35-5)13-11-21/h6-13,16,18H,14-15,17H2,1-5H3,(H,28,29,33). The number of hydrogen-bond donors (Lipinski definition) is 1. The Morgan fingerprint density at radius 3 is 2.29 bits per heavy atom. The lowest BCUT2D eigenvalue weighted by molar-refractivity contribution is -0.137. The smallest absolute Gasteiger partial charge is 0.246 e. The van der Waals surface area contributed by atoms with Crippen LogP contribution in [-0.2, 0) is 9.59 Å². The fourth-order valence-corrected chi connectivity index (χ4v) is 3.58. The molecular weight excluding hydrogens is 466 g/mol. The monoisotopic (exact) mass is 497 g/mol. The number of carbonyl (C=O) groups is 2. The fraction of sp³-hybridized carbons (Fsp3) is 0.346. The maximum atomic E-state index is 13.1. The second-order valence-electron chi connectivity index (χ2n) is 8.79. The predicted molar refractivity (Wildman–Crippen MR) is 139 cm³/mol. The van der Waals surface area contributed by atoms with E-state index in [2.05, 4.69) is 10.3 Å². The normalized spacial score (nSPS) is 11.1. The van der Waals surface area contributed by atoms with E-state index < -0.39 is 0 Å². The molecule has 1 heterocycles. The highest BCUT2D eigenvalue weighted by Gasteiger charge is 2.21. The van der Waals surface area contributed by atoms with E-state index in [9.17, 15) is 9.59 Å². The van der Waals surface area contributed by atoms with Crippen LogP contribution in [0.25, 0.3) is 16.9 Å². The SMILES string of the molecule is COc1ccc(-n2cc(-c3ccc(Cl)cc3)nc2NC(=O)CN(CCN(C)C)C(=O)C(C)C)cc1. The first-order valence-corrected chi connectivity index (χ1v) is 11.8. The van der Waals surface area contributed by atoms with Gasteiger partial charge in [0.2, 0.25) is 17.8 Å². The van der Waals surface area contributed by atoms with E-state index in [0.29, 0.717) is 29.8 Å². The molecule has 35 heavy (non-hydrogen) atoms. The van der Waals surface area contributed by atoms with E-state index in [1.54, 1.807) is 28.7 Å². The van der Waals surface area contributed by atoms with Gasteiger partial charge in [-0.15, -0.1) is 0 Å². The van der Waals surface area contributed by atoms with Gasteiger partial charge in [-0.05, 0) is 50.5 Å². The van der Waals surface area contributed by atoms with Crippen LogP contribution in [0.3, 0.4) is 0 Å². The molecule has 0 aliphatic rings. The number of benzene rings is 2. The highest BCUT2D eigenvalue weighted by atomic mass is 35.5. The minimum absolute atomic E-state index is 0.0589. The summed E-state index contributed by atoms with van der Waals surface area (Å²) in [6, 6.07) is 14.8. The summed E-state index contributed by atoms with van der Waals surface area (Å²) in [5, 5.41) is 3.53. The molecule has 0 aliphatic carbocycles. The highest BCUT2D eigenvalue weighted by molar-refractivity contribution is 6.30. The number of methoxy groups -OCH3 is 1. The third kappa shape index (κ3) is 7.07. The van der Waals surface area contributed by atoms with Gasteiger partial charge in [0, 0.05) is 41.5 Å². The number of ether oxygens (including phenoxy) is 1. The molecule has 3 rings (SSSR count). The molecular formula is C26H32ClN5O3. The van der Waals surface area contributed by atoms with Crippen LogP contribution in [0.4, 0.5) is 5.95 Å². The van der Waals surface area contributed by atoms with Crippen LogP contribution < -0.4 is 10.1 Å². The third-order valence-corrected chi connectivity index (χ3v) is 5.66. The van der Waals surface area contributed by atoms with Crippen LogP contribution in [-0.4, -0.2) is 72.0 Å². The second kappa shape index (κ2) is 11.9. The summed E-state index contributed by atoms with van der Waals surface area (Å²) in [6.07, 6.45) is 1.85. The van der Waals surface area contributed by atoms with Gasteiger partial charge >= 0.3 is 0 Å². The van der Waals surface area contributed by atoms with E-state index in [1.165, 1.54) is 0 Å². The number of hydrogen-bond acceptors (Lipinski definition) is 5. The van der Waals surface area contributed by atoms with Gasteiger partial charge in [-0.3, -0.25) is 19.5 Å². The first kappa shape index (κ1) is 26.2. The number of carbonyl (C=O) groups excluding carboxylic acids is 2. The van der Waals surface area contributed by atoms with Crippen LogP contribution in [0.5, 0.6) is 5.75 Å². The van der Waals surface area contributed by atoms with Crippen LogP contribution in [0.2, 0.25) is 5.02 Å². The van der Waals surface area contributed by atoms with E-state index in [-0.39, 0.29) is 24.3 Å². The fourth-order valence-electron chi connectivity index (χ4n) is 3.46. The maximum absolute atomic E-state index is 13.1. The molecule has 9 heteroatoms. The molecule has 1 aromatic heterocycles. The number of aromatic nitrogens is 2. The predicted octanol–water partition coefficient (Wildman–Crippen LogP) is 4.19. The summed E-state index contributed by atoms with van der Waals surface area (Å²) in [5.74, 6) is 0.488. The number of nitrogens with zero attached hydrogens (tertiary/aromatic N) is 4.